The van der Waals surface area contributed by atoms with Crippen molar-refractivity contribution < 1.29 is 14.3 Å². The van der Waals surface area contributed by atoms with Crippen molar-refractivity contribution in [1.29, 1.82) is 0 Å². The first-order valence-electron chi connectivity index (χ1n) is 5.86. The highest BCUT2D eigenvalue weighted by Crippen LogP contribution is 2.43. The molecule has 0 bridgehead atoms. The molecule has 1 N–H and O–H groups in total. The van der Waals surface area contributed by atoms with E-state index in [1.807, 2.05) is 6.07 Å². The third-order valence-corrected chi connectivity index (χ3v) is 3.72. The van der Waals surface area contributed by atoms with Gasteiger partial charge in [-0.05, 0) is 25.1 Å². The number of carbonyl (C=O) groups is 1. The van der Waals surface area contributed by atoms with Crippen molar-refractivity contribution in [2.24, 2.45) is 0 Å². The molecule has 2 heterocycles. The van der Waals surface area contributed by atoms with Crippen molar-refractivity contribution in [3.63, 3.8) is 0 Å². The SMILES string of the molecule is COC(=O)c1ccc2c(c1)OCC[C@]21CCN1. The number of methoxy groups -OCH3 is 1. The smallest absolute Gasteiger partial charge is 0.337 e. The van der Waals surface area contributed by atoms with E-state index in [0.29, 0.717) is 12.2 Å². The molecule has 1 atom stereocenters. The maximum atomic E-state index is 11.5. The minimum Gasteiger partial charge on any atom is -0.493 e. The molecule has 0 radical (unpaired) electrons. The molecule has 1 aromatic carbocycles. The number of hydrogen-bond acceptors (Lipinski definition) is 4. The van der Waals surface area contributed by atoms with Crippen LogP contribution < -0.4 is 10.1 Å². The number of nitrogens with one attached hydrogen (secondary N) is 1. The number of rotatable bonds is 1. The minimum atomic E-state index is -0.322. The second kappa shape index (κ2) is 3.74. The van der Waals surface area contributed by atoms with Crippen molar-refractivity contribution in [1.82, 2.24) is 5.32 Å². The van der Waals surface area contributed by atoms with Gasteiger partial charge in [-0.1, -0.05) is 6.07 Å². The Morgan fingerprint density at radius 3 is 2.94 bits per heavy atom. The van der Waals surface area contributed by atoms with Crippen molar-refractivity contribution in [2.45, 2.75) is 18.4 Å². The van der Waals surface area contributed by atoms with E-state index in [2.05, 4.69) is 5.32 Å². The standard InChI is InChI=1S/C13H15NO3/c1-16-12(15)9-2-3-10-11(8-9)17-7-5-13(10)4-6-14-13/h2-3,8,14H,4-7H2,1H3/t13-/m1/s1. The molecular weight excluding hydrogens is 218 g/mol. The Morgan fingerprint density at radius 2 is 2.29 bits per heavy atom. The lowest BCUT2D eigenvalue weighted by atomic mass is 9.76. The highest BCUT2D eigenvalue weighted by atomic mass is 16.5. The summed E-state index contributed by atoms with van der Waals surface area (Å²) in [7, 11) is 1.39. The molecule has 4 heteroatoms. The molecule has 0 aliphatic carbocycles. The Hall–Kier alpha value is -1.55. The lowest BCUT2D eigenvalue weighted by Crippen LogP contribution is -2.56. The third-order valence-electron chi connectivity index (χ3n) is 3.72. The van der Waals surface area contributed by atoms with Gasteiger partial charge in [0.1, 0.15) is 5.75 Å². The molecule has 1 aromatic rings. The predicted octanol–water partition coefficient (Wildman–Crippen LogP) is 1.44. The monoisotopic (exact) mass is 233 g/mol. The van der Waals surface area contributed by atoms with Gasteiger partial charge in [0.05, 0.1) is 24.8 Å². The predicted molar refractivity (Wildman–Crippen MR) is 62.2 cm³/mol. The Balaban J connectivity index is 2.01. The molecule has 0 saturated carbocycles. The lowest BCUT2D eigenvalue weighted by Gasteiger charge is -2.47. The molecule has 0 unspecified atom stereocenters. The summed E-state index contributed by atoms with van der Waals surface area (Å²) < 4.78 is 10.4. The van der Waals surface area contributed by atoms with Crippen LogP contribution in [0.15, 0.2) is 18.2 Å². The average Bonchev–Trinajstić information content (AvgIpc) is 2.34. The first kappa shape index (κ1) is 10.6. The van der Waals surface area contributed by atoms with E-state index in [1.54, 1.807) is 12.1 Å². The van der Waals surface area contributed by atoms with Crippen LogP contribution in [0, 0.1) is 0 Å². The molecule has 90 valence electrons. The fraction of sp³-hybridized carbons (Fsp3) is 0.462. The zero-order chi connectivity index (χ0) is 11.9. The molecule has 1 fully saturated rings. The second-order valence-corrected chi connectivity index (χ2v) is 4.56. The van der Waals surface area contributed by atoms with Crippen LogP contribution in [0.1, 0.15) is 28.8 Å². The fourth-order valence-corrected chi connectivity index (χ4v) is 2.62. The van der Waals surface area contributed by atoms with Crippen LogP contribution in [0.4, 0.5) is 0 Å². The van der Waals surface area contributed by atoms with Crippen molar-refractivity contribution in [2.75, 3.05) is 20.3 Å². The average molecular weight is 233 g/mol. The van der Waals surface area contributed by atoms with E-state index >= 15 is 0 Å². The summed E-state index contributed by atoms with van der Waals surface area (Å²) in [6.45, 7) is 1.75. The minimum absolute atomic E-state index is 0.0855. The van der Waals surface area contributed by atoms with Crippen LogP contribution in [0.5, 0.6) is 5.75 Å². The molecule has 17 heavy (non-hydrogen) atoms. The number of ether oxygens (including phenoxy) is 2. The third kappa shape index (κ3) is 1.52. The number of esters is 1. The van der Waals surface area contributed by atoms with Crippen LogP contribution in [0.3, 0.4) is 0 Å². The molecule has 0 aromatic heterocycles. The Kier molecular flexibility index (Phi) is 2.33. The maximum absolute atomic E-state index is 11.5. The largest absolute Gasteiger partial charge is 0.493 e. The number of benzene rings is 1. The summed E-state index contributed by atoms with van der Waals surface area (Å²) in [5.74, 6) is 0.490. The van der Waals surface area contributed by atoms with Gasteiger partial charge in [0, 0.05) is 12.0 Å². The van der Waals surface area contributed by atoms with Gasteiger partial charge in [-0.15, -0.1) is 0 Å². The summed E-state index contributed by atoms with van der Waals surface area (Å²) >= 11 is 0. The number of carbonyl (C=O) groups excluding carboxylic acids is 1. The summed E-state index contributed by atoms with van der Waals surface area (Å²) in [6.07, 6.45) is 2.14. The maximum Gasteiger partial charge on any atom is 0.337 e. The summed E-state index contributed by atoms with van der Waals surface area (Å²) in [5.41, 5.74) is 1.80. The Bertz CT molecular complexity index is 466. The van der Waals surface area contributed by atoms with Gasteiger partial charge >= 0.3 is 5.97 Å². The summed E-state index contributed by atoms with van der Waals surface area (Å²) in [6, 6.07) is 5.57. The first-order chi connectivity index (χ1) is 8.25. The van der Waals surface area contributed by atoms with E-state index in [4.69, 9.17) is 9.47 Å². The molecule has 4 nitrogen and oxygen atoms in total. The van der Waals surface area contributed by atoms with Crippen LogP contribution in [-0.4, -0.2) is 26.2 Å². The molecule has 2 aliphatic heterocycles. The zero-order valence-electron chi connectivity index (χ0n) is 9.79. The highest BCUT2D eigenvalue weighted by Gasteiger charge is 2.42. The molecule has 3 rings (SSSR count). The fourth-order valence-electron chi connectivity index (χ4n) is 2.62. The molecule has 1 spiro atoms. The van der Waals surface area contributed by atoms with Crippen molar-refractivity contribution in [3.8, 4) is 5.75 Å². The van der Waals surface area contributed by atoms with E-state index in [1.165, 1.54) is 12.7 Å². The van der Waals surface area contributed by atoms with Crippen molar-refractivity contribution in [3.05, 3.63) is 29.3 Å². The van der Waals surface area contributed by atoms with Gasteiger partial charge in [0.2, 0.25) is 0 Å². The molecular formula is C13H15NO3. The van der Waals surface area contributed by atoms with Gasteiger partial charge in [-0.3, -0.25) is 0 Å². The van der Waals surface area contributed by atoms with Crippen molar-refractivity contribution >= 4 is 5.97 Å². The topological polar surface area (TPSA) is 47.6 Å². The Labute approximate surface area is 99.9 Å². The van der Waals surface area contributed by atoms with Crippen LogP contribution in [0.2, 0.25) is 0 Å². The van der Waals surface area contributed by atoms with E-state index < -0.39 is 0 Å². The van der Waals surface area contributed by atoms with Gasteiger partial charge < -0.3 is 14.8 Å². The van der Waals surface area contributed by atoms with Gasteiger partial charge in [-0.2, -0.15) is 0 Å². The molecule has 2 aliphatic rings. The summed E-state index contributed by atoms with van der Waals surface area (Å²) in [5, 5.41) is 3.48. The van der Waals surface area contributed by atoms with E-state index in [-0.39, 0.29) is 11.5 Å². The van der Waals surface area contributed by atoms with Crippen LogP contribution in [-0.2, 0) is 10.3 Å². The molecule has 0 amide bonds. The number of fused-ring (bicyclic) bond motifs is 2. The van der Waals surface area contributed by atoms with Gasteiger partial charge in [0.25, 0.3) is 0 Å². The summed E-state index contributed by atoms with van der Waals surface area (Å²) in [4.78, 5) is 11.5. The normalized spacial score (nSPS) is 25.7. The van der Waals surface area contributed by atoms with Gasteiger partial charge in [-0.25, -0.2) is 4.79 Å². The highest BCUT2D eigenvalue weighted by molar-refractivity contribution is 5.90. The second-order valence-electron chi connectivity index (χ2n) is 4.56. The quantitative estimate of drug-likeness (QED) is 0.746. The lowest BCUT2D eigenvalue weighted by molar-refractivity contribution is 0.0599. The van der Waals surface area contributed by atoms with Gasteiger partial charge in [0.15, 0.2) is 0 Å². The number of hydrogen-bond donors (Lipinski definition) is 1. The van der Waals surface area contributed by atoms with Crippen LogP contribution >= 0.6 is 0 Å². The zero-order valence-corrected chi connectivity index (χ0v) is 9.79. The van der Waals surface area contributed by atoms with E-state index in [0.717, 1.165) is 25.1 Å². The Morgan fingerprint density at radius 1 is 1.47 bits per heavy atom. The first-order valence-corrected chi connectivity index (χ1v) is 5.86. The molecule has 1 saturated heterocycles. The van der Waals surface area contributed by atoms with E-state index in [9.17, 15) is 4.79 Å². The van der Waals surface area contributed by atoms with Crippen LogP contribution in [0.25, 0.3) is 0 Å².